The second kappa shape index (κ2) is 9.09. The Morgan fingerprint density at radius 2 is 1.33 bits per heavy atom. The van der Waals surface area contributed by atoms with Gasteiger partial charge in [0.2, 0.25) is 20.0 Å². The molecular formula is C22H24N2O4S2. The molecule has 0 fully saturated rings. The van der Waals surface area contributed by atoms with Crippen LogP contribution in [0.4, 0.5) is 0 Å². The molecule has 158 valence electrons. The van der Waals surface area contributed by atoms with Crippen LogP contribution in [0.1, 0.15) is 17.2 Å². The molecule has 1 N–H and O–H groups in total. The lowest BCUT2D eigenvalue weighted by atomic mass is 10.00. The second-order valence-electron chi connectivity index (χ2n) is 7.04. The fourth-order valence-electron chi connectivity index (χ4n) is 3.03. The molecule has 0 unspecified atom stereocenters. The first-order valence-electron chi connectivity index (χ1n) is 9.34. The average molecular weight is 445 g/mol. The first kappa shape index (κ1) is 22.2. The van der Waals surface area contributed by atoms with E-state index in [9.17, 15) is 16.8 Å². The standard InChI is InChI=1S/C22H24N2O4S2/c1-24(2)30(27,28)21-15-9-14-20(17-21)29(25,26)23-22(19-12-7-4-8-13-19)16-18-10-5-3-6-11-18/h3-15,17,22-23H,16H2,1-2H3/t22-/m1/s1. The molecule has 3 aromatic carbocycles. The van der Waals surface area contributed by atoms with Crippen LogP contribution in [0.25, 0.3) is 0 Å². The number of rotatable bonds is 8. The maximum atomic E-state index is 13.1. The van der Waals surface area contributed by atoms with Gasteiger partial charge in [-0.05, 0) is 35.7 Å². The molecule has 3 rings (SSSR count). The zero-order valence-electron chi connectivity index (χ0n) is 16.8. The number of nitrogens with one attached hydrogen (secondary N) is 1. The summed E-state index contributed by atoms with van der Waals surface area (Å²) in [5.41, 5.74) is 1.81. The van der Waals surface area contributed by atoms with Crippen LogP contribution < -0.4 is 4.72 Å². The van der Waals surface area contributed by atoms with Gasteiger partial charge in [-0.2, -0.15) is 0 Å². The number of hydrogen-bond donors (Lipinski definition) is 1. The third-order valence-electron chi connectivity index (χ3n) is 4.68. The Morgan fingerprint density at radius 3 is 1.93 bits per heavy atom. The summed E-state index contributed by atoms with van der Waals surface area (Å²) >= 11 is 0. The Morgan fingerprint density at radius 1 is 0.767 bits per heavy atom. The van der Waals surface area contributed by atoms with Gasteiger partial charge < -0.3 is 0 Å². The third kappa shape index (κ3) is 5.14. The topological polar surface area (TPSA) is 83.6 Å². The van der Waals surface area contributed by atoms with Crippen LogP contribution >= 0.6 is 0 Å². The van der Waals surface area contributed by atoms with Gasteiger partial charge in [-0.3, -0.25) is 0 Å². The molecule has 6 nitrogen and oxygen atoms in total. The highest BCUT2D eigenvalue weighted by molar-refractivity contribution is 7.90. The maximum absolute atomic E-state index is 13.1. The molecule has 0 saturated heterocycles. The van der Waals surface area contributed by atoms with Gasteiger partial charge in [-0.15, -0.1) is 0 Å². The number of sulfonamides is 2. The van der Waals surface area contributed by atoms with Gasteiger partial charge in [0, 0.05) is 14.1 Å². The predicted octanol–water partition coefficient (Wildman–Crippen LogP) is 3.20. The predicted molar refractivity (Wildman–Crippen MR) is 117 cm³/mol. The van der Waals surface area contributed by atoms with Crippen molar-refractivity contribution in [1.82, 2.24) is 9.03 Å². The van der Waals surface area contributed by atoms with Crippen LogP contribution in [-0.2, 0) is 26.5 Å². The van der Waals surface area contributed by atoms with Gasteiger partial charge in [-0.25, -0.2) is 25.9 Å². The molecule has 0 aliphatic heterocycles. The van der Waals surface area contributed by atoms with E-state index in [1.807, 2.05) is 60.7 Å². The van der Waals surface area contributed by atoms with Crippen LogP contribution in [0.2, 0.25) is 0 Å². The molecule has 0 bridgehead atoms. The molecule has 1 atom stereocenters. The highest BCUT2D eigenvalue weighted by atomic mass is 32.2. The van der Waals surface area contributed by atoms with E-state index in [0.717, 1.165) is 15.4 Å². The van der Waals surface area contributed by atoms with E-state index in [-0.39, 0.29) is 9.79 Å². The summed E-state index contributed by atoms with van der Waals surface area (Å²) in [5.74, 6) is 0. The van der Waals surface area contributed by atoms with E-state index in [0.29, 0.717) is 6.42 Å². The highest BCUT2D eigenvalue weighted by Gasteiger charge is 2.24. The van der Waals surface area contributed by atoms with Crippen LogP contribution in [0.5, 0.6) is 0 Å². The molecule has 0 radical (unpaired) electrons. The molecule has 0 amide bonds. The number of nitrogens with zero attached hydrogens (tertiary/aromatic N) is 1. The SMILES string of the molecule is CN(C)S(=O)(=O)c1cccc(S(=O)(=O)N[C@H](Cc2ccccc2)c2ccccc2)c1. The van der Waals surface area contributed by atoms with Crippen LogP contribution in [0.15, 0.2) is 94.7 Å². The maximum Gasteiger partial charge on any atom is 0.242 e. The number of hydrogen-bond acceptors (Lipinski definition) is 4. The van der Waals surface area contributed by atoms with Crippen molar-refractivity contribution >= 4 is 20.0 Å². The van der Waals surface area contributed by atoms with Gasteiger partial charge in [0.15, 0.2) is 0 Å². The smallest absolute Gasteiger partial charge is 0.207 e. The monoisotopic (exact) mass is 444 g/mol. The van der Waals surface area contributed by atoms with Crippen molar-refractivity contribution in [3.05, 3.63) is 96.1 Å². The molecule has 0 saturated carbocycles. The van der Waals surface area contributed by atoms with Crippen molar-refractivity contribution in [3.63, 3.8) is 0 Å². The Kier molecular flexibility index (Phi) is 6.72. The van der Waals surface area contributed by atoms with E-state index in [1.54, 1.807) is 0 Å². The number of benzene rings is 3. The van der Waals surface area contributed by atoms with Gasteiger partial charge in [-0.1, -0.05) is 66.7 Å². The minimum Gasteiger partial charge on any atom is -0.207 e. The molecular weight excluding hydrogens is 420 g/mol. The Balaban J connectivity index is 1.96. The Labute approximate surface area is 178 Å². The van der Waals surface area contributed by atoms with Gasteiger partial charge in [0.25, 0.3) is 0 Å². The summed E-state index contributed by atoms with van der Waals surface area (Å²) in [6.45, 7) is 0. The largest absolute Gasteiger partial charge is 0.242 e. The van der Waals surface area contributed by atoms with Gasteiger partial charge in [0.05, 0.1) is 15.8 Å². The normalized spacial score (nSPS) is 13.3. The summed E-state index contributed by atoms with van der Waals surface area (Å²) in [5, 5.41) is 0. The van der Waals surface area contributed by atoms with E-state index in [1.165, 1.54) is 38.4 Å². The zero-order chi connectivity index (χ0) is 21.8. The second-order valence-corrected chi connectivity index (χ2v) is 10.9. The molecule has 0 aliphatic carbocycles. The van der Waals surface area contributed by atoms with E-state index < -0.39 is 26.1 Å². The summed E-state index contributed by atoms with van der Waals surface area (Å²) < 4.78 is 54.9. The van der Waals surface area contributed by atoms with Gasteiger partial charge >= 0.3 is 0 Å². The fourth-order valence-corrected chi connectivity index (χ4v) is 5.32. The Bertz CT molecular complexity index is 1190. The third-order valence-corrected chi connectivity index (χ3v) is 7.96. The minimum absolute atomic E-state index is 0.0744. The molecule has 30 heavy (non-hydrogen) atoms. The Hall–Kier alpha value is -2.52. The average Bonchev–Trinajstić information content (AvgIpc) is 2.74. The van der Waals surface area contributed by atoms with Crippen LogP contribution in [0, 0.1) is 0 Å². The summed E-state index contributed by atoms with van der Waals surface area (Å²) in [6, 6.07) is 23.8. The highest BCUT2D eigenvalue weighted by Crippen LogP contribution is 2.23. The lowest BCUT2D eigenvalue weighted by Crippen LogP contribution is -2.30. The fraction of sp³-hybridized carbons (Fsp3) is 0.182. The van der Waals surface area contributed by atoms with Crippen LogP contribution in [-0.4, -0.2) is 35.2 Å². The quantitative estimate of drug-likeness (QED) is 0.578. The van der Waals surface area contributed by atoms with Crippen LogP contribution in [0.3, 0.4) is 0 Å². The van der Waals surface area contributed by atoms with Crippen molar-refractivity contribution in [3.8, 4) is 0 Å². The van der Waals surface area contributed by atoms with Crippen molar-refractivity contribution in [2.24, 2.45) is 0 Å². The van der Waals surface area contributed by atoms with Crippen molar-refractivity contribution in [1.29, 1.82) is 0 Å². The van der Waals surface area contributed by atoms with Crippen molar-refractivity contribution in [2.45, 2.75) is 22.3 Å². The molecule has 0 aliphatic rings. The molecule has 3 aromatic rings. The van der Waals surface area contributed by atoms with Crippen molar-refractivity contribution < 1.29 is 16.8 Å². The summed E-state index contributed by atoms with van der Waals surface area (Å²) in [6.07, 6.45) is 0.458. The summed E-state index contributed by atoms with van der Waals surface area (Å²) in [4.78, 5) is -0.172. The minimum atomic E-state index is -3.97. The van der Waals surface area contributed by atoms with E-state index >= 15 is 0 Å². The molecule has 0 heterocycles. The molecule has 8 heteroatoms. The molecule has 0 aromatic heterocycles. The first-order chi connectivity index (χ1) is 14.2. The summed E-state index contributed by atoms with van der Waals surface area (Å²) in [7, 11) is -4.91. The lowest BCUT2D eigenvalue weighted by Gasteiger charge is -2.20. The zero-order valence-corrected chi connectivity index (χ0v) is 18.4. The first-order valence-corrected chi connectivity index (χ1v) is 12.3. The van der Waals surface area contributed by atoms with E-state index in [4.69, 9.17) is 0 Å². The lowest BCUT2D eigenvalue weighted by molar-refractivity contribution is 0.520. The molecule has 0 spiro atoms. The van der Waals surface area contributed by atoms with Crippen molar-refractivity contribution in [2.75, 3.05) is 14.1 Å². The van der Waals surface area contributed by atoms with Gasteiger partial charge in [0.1, 0.15) is 0 Å². The van der Waals surface area contributed by atoms with E-state index in [2.05, 4.69) is 4.72 Å².